The number of benzene rings is 2. The molecular weight excluding hydrogens is 439 g/mol. The van der Waals surface area contributed by atoms with E-state index in [0.29, 0.717) is 34.9 Å². The molecule has 31 heavy (non-hydrogen) atoms. The van der Waals surface area contributed by atoms with Gasteiger partial charge in [-0.05, 0) is 63.0 Å². The van der Waals surface area contributed by atoms with Crippen LogP contribution in [0, 0.1) is 0 Å². The zero-order chi connectivity index (χ0) is 22.7. The molecule has 1 amide bonds. The number of Topliss-reactive ketones (excluding diaryl/α,β-unsaturated/α-hetero) is 1. The second kappa shape index (κ2) is 9.73. The monoisotopic (exact) mass is 462 g/mol. The van der Waals surface area contributed by atoms with Gasteiger partial charge in [0.15, 0.2) is 0 Å². The van der Waals surface area contributed by atoms with Gasteiger partial charge in [-0.25, -0.2) is 0 Å². The second-order valence-electron chi connectivity index (χ2n) is 7.55. The van der Waals surface area contributed by atoms with Gasteiger partial charge in [0.1, 0.15) is 11.5 Å². The topological polar surface area (TPSA) is 70.1 Å². The first-order valence-electron chi connectivity index (χ1n) is 9.77. The van der Waals surface area contributed by atoms with E-state index < -0.39 is 17.7 Å². The van der Waals surface area contributed by atoms with Crippen molar-refractivity contribution in [3.8, 4) is 5.75 Å². The van der Waals surface area contributed by atoms with E-state index in [4.69, 9.17) is 27.9 Å². The number of methoxy groups -OCH3 is 1. The van der Waals surface area contributed by atoms with Crippen LogP contribution in [0.1, 0.15) is 23.6 Å². The van der Waals surface area contributed by atoms with E-state index in [-0.39, 0.29) is 16.4 Å². The predicted octanol–water partition coefficient (Wildman–Crippen LogP) is 4.38. The minimum atomic E-state index is -0.748. The summed E-state index contributed by atoms with van der Waals surface area (Å²) in [5.74, 6) is -1.24. The van der Waals surface area contributed by atoms with Gasteiger partial charge in [-0.2, -0.15) is 0 Å². The number of hydrogen-bond acceptors (Lipinski definition) is 5. The lowest BCUT2D eigenvalue weighted by molar-refractivity contribution is -0.139. The van der Waals surface area contributed by atoms with Gasteiger partial charge in [0.25, 0.3) is 11.7 Å². The van der Waals surface area contributed by atoms with E-state index >= 15 is 0 Å². The number of rotatable bonds is 7. The summed E-state index contributed by atoms with van der Waals surface area (Å²) < 4.78 is 5.15. The molecule has 3 rings (SSSR count). The average Bonchev–Trinajstić information content (AvgIpc) is 2.98. The number of ketones is 1. The maximum absolute atomic E-state index is 13.0. The number of aliphatic hydroxyl groups excluding tert-OH is 1. The van der Waals surface area contributed by atoms with Gasteiger partial charge < -0.3 is 19.6 Å². The highest BCUT2D eigenvalue weighted by molar-refractivity contribution is 6.46. The quantitative estimate of drug-likeness (QED) is 0.375. The van der Waals surface area contributed by atoms with E-state index in [9.17, 15) is 14.7 Å². The molecule has 1 saturated heterocycles. The maximum Gasteiger partial charge on any atom is 0.295 e. The van der Waals surface area contributed by atoms with Crippen LogP contribution in [0.25, 0.3) is 5.76 Å². The Labute approximate surface area is 191 Å². The van der Waals surface area contributed by atoms with Crippen LogP contribution >= 0.6 is 23.2 Å². The van der Waals surface area contributed by atoms with Crippen molar-refractivity contribution in [3.05, 3.63) is 69.2 Å². The van der Waals surface area contributed by atoms with E-state index in [2.05, 4.69) is 0 Å². The molecule has 0 radical (unpaired) electrons. The highest BCUT2D eigenvalue weighted by Gasteiger charge is 2.45. The maximum atomic E-state index is 13.0. The van der Waals surface area contributed by atoms with Crippen molar-refractivity contribution in [1.82, 2.24) is 9.80 Å². The molecule has 0 unspecified atom stereocenters. The Bertz CT molecular complexity index is 1040. The highest BCUT2D eigenvalue weighted by atomic mass is 35.5. The Morgan fingerprint density at radius 2 is 1.90 bits per heavy atom. The van der Waals surface area contributed by atoms with Crippen LogP contribution < -0.4 is 4.74 Å². The van der Waals surface area contributed by atoms with Gasteiger partial charge in [0.2, 0.25) is 0 Å². The number of halogens is 2. The summed E-state index contributed by atoms with van der Waals surface area (Å²) in [5.41, 5.74) is 0.986. The van der Waals surface area contributed by atoms with Crippen molar-refractivity contribution in [2.24, 2.45) is 0 Å². The fourth-order valence-corrected chi connectivity index (χ4v) is 4.12. The molecule has 2 aromatic rings. The van der Waals surface area contributed by atoms with Crippen LogP contribution in [-0.4, -0.2) is 60.9 Å². The SMILES string of the molecule is COc1ccc(/C(O)=C2\C(=O)C(=O)N(CCCN(C)C)[C@@H]2c2cccc(Cl)c2)cc1Cl. The number of ether oxygens (including phenoxy) is 1. The lowest BCUT2D eigenvalue weighted by Gasteiger charge is -2.26. The van der Waals surface area contributed by atoms with Crippen LogP contribution in [0.15, 0.2) is 48.0 Å². The molecule has 0 aromatic heterocycles. The second-order valence-corrected chi connectivity index (χ2v) is 8.40. The Morgan fingerprint density at radius 1 is 1.16 bits per heavy atom. The lowest BCUT2D eigenvalue weighted by Crippen LogP contribution is -2.32. The molecule has 164 valence electrons. The smallest absolute Gasteiger partial charge is 0.295 e. The van der Waals surface area contributed by atoms with E-state index in [1.54, 1.807) is 36.4 Å². The molecule has 1 fully saturated rings. The first-order chi connectivity index (χ1) is 14.7. The Balaban J connectivity index is 2.11. The number of carbonyl (C=O) groups excluding carboxylic acids is 2. The van der Waals surface area contributed by atoms with Crippen molar-refractivity contribution < 1.29 is 19.4 Å². The third kappa shape index (κ3) is 4.87. The van der Waals surface area contributed by atoms with Crippen molar-refractivity contribution in [2.45, 2.75) is 12.5 Å². The number of amides is 1. The number of nitrogens with zero attached hydrogens (tertiary/aromatic N) is 2. The standard InChI is InChI=1S/C23H24Cl2N2O4/c1-26(2)10-5-11-27-20(14-6-4-7-16(24)12-14)19(22(29)23(27)30)21(28)15-8-9-18(31-3)17(25)13-15/h4,6-9,12-13,20,28H,5,10-11H2,1-3H3/b21-19+/t20-/m1/s1. The van der Waals surface area contributed by atoms with Crippen molar-refractivity contribution in [2.75, 3.05) is 34.3 Å². The summed E-state index contributed by atoms with van der Waals surface area (Å²) in [4.78, 5) is 29.4. The van der Waals surface area contributed by atoms with E-state index in [1.807, 2.05) is 19.0 Å². The predicted molar refractivity (Wildman–Crippen MR) is 122 cm³/mol. The molecule has 1 atom stereocenters. The minimum absolute atomic E-state index is 0.0124. The number of carbonyl (C=O) groups is 2. The van der Waals surface area contributed by atoms with Gasteiger partial charge in [0.05, 0.1) is 23.7 Å². The number of hydrogen-bond donors (Lipinski definition) is 1. The summed E-state index contributed by atoms with van der Waals surface area (Å²) in [6, 6.07) is 10.9. The van der Waals surface area contributed by atoms with E-state index in [1.165, 1.54) is 18.1 Å². The number of likely N-dealkylation sites (tertiary alicyclic amines) is 1. The largest absolute Gasteiger partial charge is 0.507 e. The molecule has 1 heterocycles. The van der Waals surface area contributed by atoms with Gasteiger partial charge >= 0.3 is 0 Å². The zero-order valence-corrected chi connectivity index (χ0v) is 19.1. The molecular formula is C23H24Cl2N2O4. The molecule has 0 aliphatic carbocycles. The summed E-state index contributed by atoms with van der Waals surface area (Å²) in [6.45, 7) is 1.11. The van der Waals surface area contributed by atoms with Gasteiger partial charge in [0, 0.05) is 17.1 Å². The molecule has 1 aliphatic heterocycles. The third-order valence-electron chi connectivity index (χ3n) is 5.13. The highest BCUT2D eigenvalue weighted by Crippen LogP contribution is 2.40. The van der Waals surface area contributed by atoms with Crippen LogP contribution in [0.4, 0.5) is 0 Å². The summed E-state index contributed by atoms with van der Waals surface area (Å²) in [5, 5.41) is 11.8. The van der Waals surface area contributed by atoms with Gasteiger partial charge in [-0.3, -0.25) is 9.59 Å². The fraction of sp³-hybridized carbons (Fsp3) is 0.304. The average molecular weight is 463 g/mol. The van der Waals surface area contributed by atoms with Gasteiger partial charge in [-0.1, -0.05) is 35.3 Å². The molecule has 0 bridgehead atoms. The molecule has 8 heteroatoms. The van der Waals surface area contributed by atoms with Crippen LogP contribution in [-0.2, 0) is 9.59 Å². The van der Waals surface area contributed by atoms with E-state index in [0.717, 1.165) is 6.54 Å². The molecule has 6 nitrogen and oxygen atoms in total. The van der Waals surface area contributed by atoms with Crippen LogP contribution in [0.3, 0.4) is 0 Å². The summed E-state index contributed by atoms with van der Waals surface area (Å²) in [7, 11) is 5.37. The molecule has 0 saturated carbocycles. The summed E-state index contributed by atoms with van der Waals surface area (Å²) in [6.07, 6.45) is 0.672. The Kier molecular flexibility index (Phi) is 7.26. The zero-order valence-electron chi connectivity index (χ0n) is 17.6. The molecule has 2 aromatic carbocycles. The van der Waals surface area contributed by atoms with Gasteiger partial charge in [-0.15, -0.1) is 0 Å². The first-order valence-corrected chi connectivity index (χ1v) is 10.5. The molecule has 0 spiro atoms. The minimum Gasteiger partial charge on any atom is -0.507 e. The normalized spacial score (nSPS) is 18.1. The molecule has 1 aliphatic rings. The number of aliphatic hydroxyl groups is 1. The Hall–Kier alpha value is -2.54. The van der Waals surface area contributed by atoms with Crippen molar-refractivity contribution in [1.29, 1.82) is 0 Å². The third-order valence-corrected chi connectivity index (χ3v) is 5.66. The first kappa shape index (κ1) is 23.1. The fourth-order valence-electron chi connectivity index (χ4n) is 3.66. The Morgan fingerprint density at radius 3 is 2.52 bits per heavy atom. The van der Waals surface area contributed by atoms with Crippen LogP contribution in [0.5, 0.6) is 5.75 Å². The van der Waals surface area contributed by atoms with Crippen molar-refractivity contribution in [3.63, 3.8) is 0 Å². The lowest BCUT2D eigenvalue weighted by atomic mass is 9.95. The van der Waals surface area contributed by atoms with Crippen molar-refractivity contribution >= 4 is 40.7 Å². The summed E-state index contributed by atoms with van der Waals surface area (Å²) >= 11 is 12.4. The van der Waals surface area contributed by atoms with Crippen LogP contribution in [0.2, 0.25) is 10.0 Å². The molecule has 1 N–H and O–H groups in total.